The Bertz CT molecular complexity index is 422. The highest BCUT2D eigenvalue weighted by atomic mass is 32.2. The molecule has 1 amide bonds. The standard InChI is InChI=1S/C13H26N2O4S/c1-10(2)9-19-11(3)13(16)15-7-5-6-12(8-15)14-20(4,17)18/h10-12,14H,5-9H2,1-4H3/t11-,12+/m1/s1. The van der Waals surface area contributed by atoms with Gasteiger partial charge in [0.25, 0.3) is 5.91 Å². The van der Waals surface area contributed by atoms with Gasteiger partial charge < -0.3 is 9.64 Å². The molecule has 0 bridgehead atoms. The van der Waals surface area contributed by atoms with Crippen molar-refractivity contribution in [1.29, 1.82) is 0 Å². The summed E-state index contributed by atoms with van der Waals surface area (Å²) in [5, 5.41) is 0. The van der Waals surface area contributed by atoms with Gasteiger partial charge in [0.15, 0.2) is 0 Å². The van der Waals surface area contributed by atoms with Crippen molar-refractivity contribution in [1.82, 2.24) is 9.62 Å². The summed E-state index contributed by atoms with van der Waals surface area (Å²) in [5.41, 5.74) is 0. The van der Waals surface area contributed by atoms with Crippen molar-refractivity contribution in [2.75, 3.05) is 26.0 Å². The average Bonchev–Trinajstić information content (AvgIpc) is 2.33. The third-order valence-corrected chi connectivity index (χ3v) is 3.90. The average molecular weight is 306 g/mol. The lowest BCUT2D eigenvalue weighted by Gasteiger charge is -2.34. The van der Waals surface area contributed by atoms with E-state index >= 15 is 0 Å². The fraction of sp³-hybridized carbons (Fsp3) is 0.923. The maximum Gasteiger partial charge on any atom is 0.251 e. The van der Waals surface area contributed by atoms with E-state index in [0.717, 1.165) is 19.1 Å². The molecule has 0 aliphatic carbocycles. The lowest BCUT2D eigenvalue weighted by Crippen LogP contribution is -2.51. The number of amides is 1. The molecule has 0 aromatic heterocycles. The first-order chi connectivity index (χ1) is 9.19. The molecule has 1 aliphatic rings. The molecule has 7 heteroatoms. The smallest absolute Gasteiger partial charge is 0.251 e. The summed E-state index contributed by atoms with van der Waals surface area (Å²) in [7, 11) is -3.23. The van der Waals surface area contributed by atoms with E-state index in [4.69, 9.17) is 4.74 Å². The highest BCUT2D eigenvalue weighted by Gasteiger charge is 2.28. The molecule has 0 radical (unpaired) electrons. The second kappa shape index (κ2) is 7.38. The Balaban J connectivity index is 2.51. The zero-order valence-electron chi connectivity index (χ0n) is 12.8. The van der Waals surface area contributed by atoms with Gasteiger partial charge in [0, 0.05) is 25.7 Å². The van der Waals surface area contributed by atoms with Gasteiger partial charge in [-0.25, -0.2) is 13.1 Å². The minimum atomic E-state index is -3.23. The number of rotatable bonds is 6. The Labute approximate surface area is 121 Å². The molecule has 118 valence electrons. The van der Waals surface area contributed by atoms with Gasteiger partial charge in [-0.05, 0) is 25.7 Å². The normalized spacial score (nSPS) is 22.1. The number of carbonyl (C=O) groups excluding carboxylic acids is 1. The Hall–Kier alpha value is -0.660. The monoisotopic (exact) mass is 306 g/mol. The van der Waals surface area contributed by atoms with Crippen LogP contribution in [0, 0.1) is 5.92 Å². The highest BCUT2D eigenvalue weighted by molar-refractivity contribution is 7.88. The van der Waals surface area contributed by atoms with Gasteiger partial charge in [0.05, 0.1) is 6.26 Å². The second-order valence-corrected chi connectivity index (χ2v) is 7.66. The number of nitrogens with one attached hydrogen (secondary N) is 1. The van der Waals surface area contributed by atoms with Gasteiger partial charge in [-0.3, -0.25) is 4.79 Å². The van der Waals surface area contributed by atoms with E-state index < -0.39 is 16.1 Å². The van der Waals surface area contributed by atoms with Crippen LogP contribution in [0.4, 0.5) is 0 Å². The number of carbonyl (C=O) groups is 1. The molecule has 1 heterocycles. The first kappa shape index (κ1) is 17.4. The summed E-state index contributed by atoms with van der Waals surface area (Å²) >= 11 is 0. The number of hydrogen-bond acceptors (Lipinski definition) is 4. The number of nitrogens with zero attached hydrogens (tertiary/aromatic N) is 1. The number of piperidine rings is 1. The molecule has 6 nitrogen and oxygen atoms in total. The summed E-state index contributed by atoms with van der Waals surface area (Å²) in [4.78, 5) is 13.9. The zero-order chi connectivity index (χ0) is 15.3. The zero-order valence-corrected chi connectivity index (χ0v) is 13.6. The molecule has 1 fully saturated rings. The molecule has 1 N–H and O–H groups in total. The molecule has 0 spiro atoms. The molecule has 2 atom stereocenters. The second-order valence-electron chi connectivity index (χ2n) is 5.88. The van der Waals surface area contributed by atoms with Gasteiger partial charge in [0.1, 0.15) is 6.10 Å². The Morgan fingerprint density at radius 3 is 2.60 bits per heavy atom. The van der Waals surface area contributed by atoms with Crippen molar-refractivity contribution in [2.24, 2.45) is 5.92 Å². The summed E-state index contributed by atoms with van der Waals surface area (Å²) < 4.78 is 30.6. The van der Waals surface area contributed by atoms with E-state index in [1.807, 2.05) is 13.8 Å². The van der Waals surface area contributed by atoms with E-state index in [-0.39, 0.29) is 11.9 Å². The molecule has 1 rings (SSSR count). The molecule has 0 saturated carbocycles. The quantitative estimate of drug-likeness (QED) is 0.779. The van der Waals surface area contributed by atoms with Gasteiger partial charge in [0.2, 0.25) is 10.0 Å². The van der Waals surface area contributed by atoms with Crippen LogP contribution in [0.25, 0.3) is 0 Å². The van der Waals surface area contributed by atoms with Crippen molar-refractivity contribution >= 4 is 15.9 Å². The maximum atomic E-state index is 12.2. The first-order valence-electron chi connectivity index (χ1n) is 7.06. The number of likely N-dealkylation sites (tertiary alicyclic amines) is 1. The minimum absolute atomic E-state index is 0.0642. The van der Waals surface area contributed by atoms with Crippen LogP contribution in [0.3, 0.4) is 0 Å². The van der Waals surface area contributed by atoms with Crippen LogP contribution >= 0.6 is 0 Å². The van der Waals surface area contributed by atoms with Crippen LogP contribution in [0.2, 0.25) is 0 Å². The summed E-state index contributed by atoms with van der Waals surface area (Å²) in [5.74, 6) is 0.317. The molecular weight excluding hydrogens is 280 g/mol. The van der Waals surface area contributed by atoms with Crippen molar-refractivity contribution < 1.29 is 17.9 Å². The predicted molar refractivity (Wildman–Crippen MR) is 77.8 cm³/mol. The van der Waals surface area contributed by atoms with Crippen LogP contribution in [-0.2, 0) is 19.6 Å². The Morgan fingerprint density at radius 1 is 1.40 bits per heavy atom. The number of hydrogen-bond donors (Lipinski definition) is 1. The molecule has 0 unspecified atom stereocenters. The van der Waals surface area contributed by atoms with Gasteiger partial charge in [-0.2, -0.15) is 0 Å². The van der Waals surface area contributed by atoms with E-state index in [1.54, 1.807) is 11.8 Å². The highest BCUT2D eigenvalue weighted by Crippen LogP contribution is 2.13. The van der Waals surface area contributed by atoms with E-state index in [0.29, 0.717) is 25.6 Å². The summed E-state index contributed by atoms with van der Waals surface area (Å²) in [6, 6.07) is -0.194. The minimum Gasteiger partial charge on any atom is -0.368 e. The van der Waals surface area contributed by atoms with Crippen LogP contribution in [-0.4, -0.2) is 57.3 Å². The van der Waals surface area contributed by atoms with Gasteiger partial charge in [-0.15, -0.1) is 0 Å². The van der Waals surface area contributed by atoms with E-state index in [9.17, 15) is 13.2 Å². The van der Waals surface area contributed by atoms with Gasteiger partial charge >= 0.3 is 0 Å². The van der Waals surface area contributed by atoms with E-state index in [1.165, 1.54) is 0 Å². The summed E-state index contributed by atoms with van der Waals surface area (Å²) in [6.45, 7) is 7.44. The maximum absolute atomic E-state index is 12.2. The largest absolute Gasteiger partial charge is 0.368 e. The Kier molecular flexibility index (Phi) is 6.42. The van der Waals surface area contributed by atoms with E-state index in [2.05, 4.69) is 4.72 Å². The van der Waals surface area contributed by atoms with Crippen molar-refractivity contribution in [3.63, 3.8) is 0 Å². The van der Waals surface area contributed by atoms with Crippen LogP contribution in [0.15, 0.2) is 0 Å². The fourth-order valence-corrected chi connectivity index (χ4v) is 3.04. The lowest BCUT2D eigenvalue weighted by atomic mass is 10.1. The fourth-order valence-electron chi connectivity index (χ4n) is 2.24. The SMILES string of the molecule is CC(C)CO[C@H](C)C(=O)N1CCC[C@H](NS(C)(=O)=O)C1. The lowest BCUT2D eigenvalue weighted by molar-refractivity contribution is -0.144. The van der Waals surface area contributed by atoms with Crippen molar-refractivity contribution in [2.45, 2.75) is 45.8 Å². The van der Waals surface area contributed by atoms with Gasteiger partial charge in [-0.1, -0.05) is 13.8 Å². The summed E-state index contributed by atoms with van der Waals surface area (Å²) in [6.07, 6.45) is 2.23. The predicted octanol–water partition coefficient (Wildman–Crippen LogP) is 0.588. The molecular formula is C13H26N2O4S. The third-order valence-electron chi connectivity index (χ3n) is 3.14. The molecule has 0 aromatic rings. The topological polar surface area (TPSA) is 75.7 Å². The number of sulfonamides is 1. The third kappa shape index (κ3) is 6.19. The van der Waals surface area contributed by atoms with Crippen LogP contribution in [0.5, 0.6) is 0 Å². The molecule has 1 saturated heterocycles. The molecule has 0 aromatic carbocycles. The first-order valence-corrected chi connectivity index (χ1v) is 8.96. The molecule has 20 heavy (non-hydrogen) atoms. The Morgan fingerprint density at radius 2 is 2.05 bits per heavy atom. The van der Waals surface area contributed by atoms with Crippen molar-refractivity contribution in [3.8, 4) is 0 Å². The number of ether oxygens (including phenoxy) is 1. The van der Waals surface area contributed by atoms with Crippen LogP contribution < -0.4 is 4.72 Å². The van der Waals surface area contributed by atoms with Crippen molar-refractivity contribution in [3.05, 3.63) is 0 Å². The molecule has 1 aliphatic heterocycles. The van der Waals surface area contributed by atoms with Crippen LogP contribution in [0.1, 0.15) is 33.6 Å².